The monoisotopic (exact) mass is 248 g/mol. The summed E-state index contributed by atoms with van der Waals surface area (Å²) < 4.78 is 9.77. The van der Waals surface area contributed by atoms with Crippen LogP contribution in [-0.4, -0.2) is 23.5 Å². The van der Waals surface area contributed by atoms with E-state index >= 15 is 0 Å². The van der Waals surface area contributed by atoms with Crippen LogP contribution in [0, 0.1) is 6.92 Å². The van der Waals surface area contributed by atoms with E-state index in [9.17, 15) is 4.79 Å². The highest BCUT2D eigenvalue weighted by atomic mass is 16.6. The molecule has 0 aliphatic rings. The number of likely N-dealkylation sites (N-methyl/N-ethyl adjacent to an activating group) is 1. The Balaban J connectivity index is 1.87. The van der Waals surface area contributed by atoms with Gasteiger partial charge < -0.3 is 8.83 Å². The molecule has 0 amide bonds. The van der Waals surface area contributed by atoms with E-state index in [-0.39, 0.29) is 0 Å². The second kappa shape index (κ2) is 5.64. The van der Waals surface area contributed by atoms with Gasteiger partial charge in [-0.3, -0.25) is 9.88 Å². The fourth-order valence-electron chi connectivity index (χ4n) is 1.69. The lowest BCUT2D eigenvalue weighted by molar-refractivity contribution is 0.288. The molecule has 0 unspecified atom stereocenters. The molecule has 0 fully saturated rings. The molecule has 2 aromatic rings. The topological polar surface area (TPSA) is 59.5 Å². The van der Waals surface area contributed by atoms with Gasteiger partial charge >= 0.3 is 5.82 Å². The van der Waals surface area contributed by atoms with Crippen molar-refractivity contribution in [3.05, 3.63) is 52.2 Å². The van der Waals surface area contributed by atoms with Crippen LogP contribution in [0.5, 0.6) is 0 Å². The summed E-state index contributed by atoms with van der Waals surface area (Å²) >= 11 is 0. The van der Waals surface area contributed by atoms with Crippen LogP contribution in [-0.2, 0) is 13.0 Å². The molecule has 0 radical (unpaired) electrons. The predicted molar refractivity (Wildman–Crippen MR) is 66.3 cm³/mol. The van der Waals surface area contributed by atoms with E-state index in [0.717, 1.165) is 18.7 Å². The Hall–Kier alpha value is -1.88. The average Bonchev–Trinajstić information content (AvgIpc) is 2.67. The van der Waals surface area contributed by atoms with Crippen molar-refractivity contribution >= 4 is 0 Å². The number of nitrogens with zero attached hydrogens (tertiary/aromatic N) is 2. The molecule has 0 aliphatic heterocycles. The summed E-state index contributed by atoms with van der Waals surface area (Å²) in [7, 11) is 1.97. The Morgan fingerprint density at radius 3 is 2.78 bits per heavy atom. The third kappa shape index (κ3) is 3.30. The van der Waals surface area contributed by atoms with Crippen molar-refractivity contribution in [2.45, 2.75) is 19.9 Å². The van der Waals surface area contributed by atoms with Crippen LogP contribution >= 0.6 is 0 Å². The van der Waals surface area contributed by atoms with Crippen LogP contribution in [0.3, 0.4) is 0 Å². The summed E-state index contributed by atoms with van der Waals surface area (Å²) in [6, 6.07) is 5.87. The zero-order valence-corrected chi connectivity index (χ0v) is 10.5. The van der Waals surface area contributed by atoms with Crippen molar-refractivity contribution in [3.8, 4) is 0 Å². The number of rotatable bonds is 5. The first-order valence-corrected chi connectivity index (χ1v) is 5.83. The van der Waals surface area contributed by atoms with Crippen LogP contribution in [0.4, 0.5) is 0 Å². The van der Waals surface area contributed by atoms with Crippen molar-refractivity contribution < 1.29 is 8.83 Å². The van der Waals surface area contributed by atoms with Gasteiger partial charge in [-0.15, -0.1) is 0 Å². The van der Waals surface area contributed by atoms with E-state index in [1.54, 1.807) is 13.1 Å². The highest BCUT2D eigenvalue weighted by Gasteiger charge is 2.10. The molecule has 0 N–H and O–H groups in total. The molecule has 0 bridgehead atoms. The largest absolute Gasteiger partial charge is 0.519 e. The molecule has 2 aromatic heterocycles. The van der Waals surface area contributed by atoms with Gasteiger partial charge in [-0.05, 0) is 26.1 Å². The molecular formula is C13H16N2O3. The minimum absolute atomic E-state index is 0.546. The third-order valence-corrected chi connectivity index (χ3v) is 2.72. The lowest BCUT2D eigenvalue weighted by atomic mass is 10.2. The van der Waals surface area contributed by atoms with E-state index in [0.29, 0.717) is 18.1 Å². The average molecular weight is 248 g/mol. The summed E-state index contributed by atoms with van der Waals surface area (Å²) in [6.07, 6.45) is 2.65. The molecular weight excluding hydrogens is 232 g/mol. The maximum absolute atomic E-state index is 10.9. The summed E-state index contributed by atoms with van der Waals surface area (Å²) in [5.41, 5.74) is 1.05. The Morgan fingerprint density at radius 1 is 1.33 bits per heavy atom. The fourth-order valence-corrected chi connectivity index (χ4v) is 1.69. The lowest BCUT2D eigenvalue weighted by Crippen LogP contribution is -2.21. The molecule has 0 aromatic carbocycles. The fraction of sp³-hybridized carbons (Fsp3) is 0.385. The molecule has 0 saturated heterocycles. The smallest absolute Gasteiger partial charge is 0.396 e. The molecule has 0 atom stereocenters. The summed E-state index contributed by atoms with van der Waals surface area (Å²) in [6.45, 7) is 3.13. The van der Waals surface area contributed by atoms with Crippen molar-refractivity contribution in [3.63, 3.8) is 0 Å². The normalized spacial score (nSPS) is 11.1. The van der Waals surface area contributed by atoms with Gasteiger partial charge in [0.15, 0.2) is 5.76 Å². The van der Waals surface area contributed by atoms with Crippen molar-refractivity contribution in [2.75, 3.05) is 13.6 Å². The predicted octanol–water partition coefficient (Wildman–Crippen LogP) is 1.61. The maximum atomic E-state index is 10.9. The number of aromatic nitrogens is 1. The number of pyridine rings is 1. The highest BCUT2D eigenvalue weighted by molar-refractivity contribution is 5.04. The quantitative estimate of drug-likeness (QED) is 0.804. The Morgan fingerprint density at radius 2 is 2.17 bits per heavy atom. The van der Waals surface area contributed by atoms with Crippen LogP contribution in [0.25, 0.3) is 0 Å². The van der Waals surface area contributed by atoms with E-state index in [1.165, 1.54) is 0 Å². The zero-order valence-electron chi connectivity index (χ0n) is 10.5. The van der Waals surface area contributed by atoms with Crippen LogP contribution in [0.2, 0.25) is 0 Å². The van der Waals surface area contributed by atoms with Crippen molar-refractivity contribution in [1.82, 2.24) is 9.88 Å². The summed E-state index contributed by atoms with van der Waals surface area (Å²) in [4.78, 5) is 17.2. The third-order valence-electron chi connectivity index (χ3n) is 2.72. The zero-order chi connectivity index (χ0) is 13.0. The second-order valence-electron chi connectivity index (χ2n) is 4.24. The number of hydrogen-bond donors (Lipinski definition) is 0. The van der Waals surface area contributed by atoms with Gasteiger partial charge in [0.05, 0.1) is 6.54 Å². The van der Waals surface area contributed by atoms with Crippen molar-refractivity contribution in [1.29, 1.82) is 0 Å². The first-order chi connectivity index (χ1) is 8.65. The maximum Gasteiger partial charge on any atom is 0.519 e. The molecule has 2 heterocycles. The van der Waals surface area contributed by atoms with E-state index < -0.39 is 5.82 Å². The molecule has 0 saturated carbocycles. The lowest BCUT2D eigenvalue weighted by Gasteiger charge is -2.14. The van der Waals surface area contributed by atoms with Gasteiger partial charge in [-0.1, -0.05) is 6.07 Å². The summed E-state index contributed by atoms with van der Waals surface area (Å²) in [5, 5.41) is 0. The SMILES string of the molecule is Cc1oc(=O)oc1CN(C)CCc1ccccn1. The first-order valence-electron chi connectivity index (χ1n) is 5.83. The molecule has 96 valence electrons. The van der Waals surface area contributed by atoms with Crippen molar-refractivity contribution in [2.24, 2.45) is 0 Å². The van der Waals surface area contributed by atoms with Gasteiger partial charge in [0.2, 0.25) is 0 Å². The van der Waals surface area contributed by atoms with E-state index in [2.05, 4.69) is 9.88 Å². The van der Waals surface area contributed by atoms with Gasteiger partial charge in [0.1, 0.15) is 5.76 Å². The van der Waals surface area contributed by atoms with Crippen LogP contribution in [0.15, 0.2) is 38.0 Å². The highest BCUT2D eigenvalue weighted by Crippen LogP contribution is 2.08. The molecule has 18 heavy (non-hydrogen) atoms. The Bertz CT molecular complexity index is 545. The minimum Gasteiger partial charge on any atom is -0.396 e. The Labute approximate surface area is 105 Å². The number of aryl methyl sites for hydroxylation is 1. The minimum atomic E-state index is -0.638. The van der Waals surface area contributed by atoms with E-state index in [1.807, 2.05) is 25.2 Å². The molecule has 5 nitrogen and oxygen atoms in total. The summed E-state index contributed by atoms with van der Waals surface area (Å²) in [5.74, 6) is 0.494. The van der Waals surface area contributed by atoms with Gasteiger partial charge in [0, 0.05) is 24.9 Å². The molecule has 5 heteroatoms. The number of hydrogen-bond acceptors (Lipinski definition) is 5. The van der Waals surface area contributed by atoms with Gasteiger partial charge in [-0.25, -0.2) is 4.79 Å². The van der Waals surface area contributed by atoms with Gasteiger partial charge in [0.25, 0.3) is 0 Å². The second-order valence-corrected chi connectivity index (χ2v) is 4.24. The molecule has 2 rings (SSSR count). The van der Waals surface area contributed by atoms with E-state index in [4.69, 9.17) is 8.83 Å². The molecule has 0 spiro atoms. The van der Waals surface area contributed by atoms with Crippen LogP contribution < -0.4 is 5.82 Å². The first kappa shape index (κ1) is 12.6. The van der Waals surface area contributed by atoms with Gasteiger partial charge in [-0.2, -0.15) is 0 Å². The van der Waals surface area contributed by atoms with Crippen LogP contribution in [0.1, 0.15) is 17.2 Å². The molecule has 0 aliphatic carbocycles. The Kier molecular flexibility index (Phi) is 3.94. The standard InChI is InChI=1S/C13H16N2O3/c1-10-12(18-13(16)17-10)9-15(2)8-6-11-5-3-4-7-14-11/h3-5,7H,6,8-9H2,1-2H3.